The fourth-order valence-corrected chi connectivity index (χ4v) is 10.5. The number of benzene rings is 8. The van der Waals surface area contributed by atoms with Gasteiger partial charge in [-0.15, -0.1) is 0 Å². The number of allylic oxidation sites excluding steroid dienone is 2. The quantitative estimate of drug-likeness (QED) is 0.167. The normalized spacial score (nSPS) is 15.6. The average Bonchev–Trinajstić information content (AvgIpc) is 3.88. The minimum Gasteiger partial charge on any atom is -0.333 e. The lowest BCUT2D eigenvalue weighted by molar-refractivity contribution is 0.589. The molecule has 0 amide bonds. The van der Waals surface area contributed by atoms with E-state index in [1.165, 1.54) is 72.2 Å². The van der Waals surface area contributed by atoms with E-state index in [1.54, 1.807) is 0 Å². The summed E-state index contributed by atoms with van der Waals surface area (Å²) in [6, 6.07) is 66.9. The van der Waals surface area contributed by atoms with Gasteiger partial charge >= 0.3 is 0 Å². The third-order valence-corrected chi connectivity index (χ3v) is 14.2. The molecule has 0 spiro atoms. The van der Waals surface area contributed by atoms with Crippen molar-refractivity contribution >= 4 is 44.2 Å². The van der Waals surface area contributed by atoms with Crippen LogP contribution in [-0.2, 0) is 10.8 Å². The number of rotatable bonds is 6. The molecule has 12 rings (SSSR count). The maximum absolute atomic E-state index is 5.28. The van der Waals surface area contributed by atoms with E-state index in [-0.39, 0.29) is 22.8 Å². The third-order valence-electron chi connectivity index (χ3n) is 14.2. The Morgan fingerprint density at radius 3 is 1.57 bits per heavy atom. The molecule has 0 bridgehead atoms. The topological polar surface area (TPSA) is 34.0 Å². The maximum atomic E-state index is 5.28. The molecule has 0 saturated heterocycles. The molecule has 0 saturated carbocycles. The second-order valence-electron chi connectivity index (χ2n) is 20.7. The van der Waals surface area contributed by atoms with Gasteiger partial charge in [-0.3, -0.25) is 0 Å². The first-order valence-corrected chi connectivity index (χ1v) is 24.0. The molecule has 8 aromatic carbocycles. The van der Waals surface area contributed by atoms with Crippen molar-refractivity contribution in [1.29, 1.82) is 0 Å². The number of aromatic nitrogens is 3. The van der Waals surface area contributed by atoms with E-state index in [1.807, 2.05) is 12.1 Å². The second-order valence-corrected chi connectivity index (χ2v) is 20.7. The molecule has 330 valence electrons. The number of hydrogen-bond acceptors (Lipinski definition) is 3. The van der Waals surface area contributed by atoms with E-state index in [0.29, 0.717) is 0 Å². The smallest absolute Gasteiger partial charge is 0.0973 e. The van der Waals surface area contributed by atoms with E-state index in [2.05, 4.69) is 245 Å². The molecule has 2 aromatic heterocycles. The summed E-state index contributed by atoms with van der Waals surface area (Å²) < 4.78 is 2.41. The summed E-state index contributed by atoms with van der Waals surface area (Å²) in [6.07, 6.45) is 9.11. The predicted octanol–water partition coefficient (Wildman–Crippen LogP) is 16.7. The Morgan fingerprint density at radius 1 is 0.412 bits per heavy atom. The highest BCUT2D eigenvalue weighted by molar-refractivity contribution is 6.10. The van der Waals surface area contributed by atoms with Crippen molar-refractivity contribution in [2.45, 2.75) is 64.3 Å². The van der Waals surface area contributed by atoms with Crippen LogP contribution in [0.5, 0.6) is 0 Å². The van der Waals surface area contributed by atoms with Crippen LogP contribution in [0.4, 0.5) is 11.4 Å². The van der Waals surface area contributed by atoms with Crippen LogP contribution in [0.25, 0.3) is 83.3 Å². The highest BCUT2D eigenvalue weighted by Crippen LogP contribution is 2.49. The van der Waals surface area contributed by atoms with Crippen LogP contribution < -0.4 is 4.90 Å². The molecule has 4 heteroatoms. The number of anilines is 2. The molecule has 10 aromatic rings. The van der Waals surface area contributed by atoms with Gasteiger partial charge in [0.25, 0.3) is 0 Å². The van der Waals surface area contributed by atoms with Gasteiger partial charge in [-0.05, 0) is 117 Å². The summed E-state index contributed by atoms with van der Waals surface area (Å²) in [4.78, 5) is 13.1. The fraction of sp³-hybridized carbons (Fsp3) is 0.156. The molecule has 0 fully saturated rings. The van der Waals surface area contributed by atoms with E-state index in [4.69, 9.17) is 9.97 Å². The zero-order chi connectivity index (χ0) is 46.3. The Morgan fingerprint density at radius 2 is 0.926 bits per heavy atom. The number of para-hydroxylation sites is 3. The molecule has 1 aliphatic carbocycles. The Labute approximate surface area is 399 Å². The van der Waals surface area contributed by atoms with Gasteiger partial charge in [0, 0.05) is 44.9 Å². The fourth-order valence-electron chi connectivity index (χ4n) is 10.5. The van der Waals surface area contributed by atoms with E-state index >= 15 is 0 Å². The molecular weight excluding hydrogens is 825 g/mol. The monoisotopic (exact) mass is 878 g/mol. The van der Waals surface area contributed by atoms with E-state index in [0.717, 1.165) is 39.1 Å². The first-order chi connectivity index (χ1) is 33.0. The second kappa shape index (κ2) is 15.9. The first-order valence-electron chi connectivity index (χ1n) is 24.0. The molecule has 0 N–H and O–H groups in total. The molecule has 68 heavy (non-hydrogen) atoms. The molecule has 1 aliphatic heterocycles. The van der Waals surface area contributed by atoms with Gasteiger partial charge in [0.1, 0.15) is 0 Å². The molecule has 3 heterocycles. The molecular formula is C64H54N4. The van der Waals surface area contributed by atoms with Crippen molar-refractivity contribution in [3.63, 3.8) is 0 Å². The van der Waals surface area contributed by atoms with Crippen LogP contribution in [0, 0.1) is 0 Å². The van der Waals surface area contributed by atoms with Gasteiger partial charge in [-0.2, -0.15) is 0 Å². The number of hydrogen-bond donors (Lipinski definition) is 0. The van der Waals surface area contributed by atoms with Crippen LogP contribution in [0.3, 0.4) is 0 Å². The molecule has 2 aliphatic rings. The summed E-state index contributed by atoms with van der Waals surface area (Å²) in [6.45, 7) is 13.7. The molecule has 0 radical (unpaired) electrons. The number of fused-ring (bicyclic) bond motifs is 7. The van der Waals surface area contributed by atoms with Crippen LogP contribution in [0.15, 0.2) is 206 Å². The molecule has 2 unspecified atom stereocenters. The van der Waals surface area contributed by atoms with Crippen molar-refractivity contribution < 1.29 is 0 Å². The summed E-state index contributed by atoms with van der Waals surface area (Å²) in [5, 5.41) is 2.49. The van der Waals surface area contributed by atoms with Crippen LogP contribution in [0.1, 0.15) is 64.2 Å². The molecule has 4 nitrogen and oxygen atoms in total. The SMILES string of the molecule is CC(C)(C)c1cccc(N2c3ccc(-c4ccc(-c5nc6ccccc6nc5-c5ccc(-c6ccc7c(c6)c6ccccc6n7-c6cccc(C(C)(C)C)c6)cc5)cc4)cc3C3C=CC=CC32)c1. The van der Waals surface area contributed by atoms with Gasteiger partial charge in [0.15, 0.2) is 0 Å². The third kappa shape index (κ3) is 7.14. The average molecular weight is 879 g/mol. The minimum absolute atomic E-state index is 0.0565. The Bertz CT molecular complexity index is 3650. The van der Waals surface area contributed by atoms with Crippen molar-refractivity contribution in [1.82, 2.24) is 14.5 Å². The van der Waals surface area contributed by atoms with Gasteiger partial charge in [-0.1, -0.05) is 181 Å². The first kappa shape index (κ1) is 41.6. The zero-order valence-electron chi connectivity index (χ0n) is 39.6. The van der Waals surface area contributed by atoms with Gasteiger partial charge < -0.3 is 9.47 Å². The molecule has 2 atom stereocenters. The van der Waals surface area contributed by atoms with Gasteiger partial charge in [0.05, 0.1) is 39.5 Å². The van der Waals surface area contributed by atoms with Crippen molar-refractivity contribution in [2.75, 3.05) is 4.90 Å². The highest BCUT2D eigenvalue weighted by atomic mass is 15.2. The van der Waals surface area contributed by atoms with Crippen LogP contribution in [-0.4, -0.2) is 20.6 Å². The Kier molecular flexibility index (Phi) is 9.74. The van der Waals surface area contributed by atoms with E-state index in [9.17, 15) is 0 Å². The maximum Gasteiger partial charge on any atom is 0.0973 e. The van der Waals surface area contributed by atoms with Crippen molar-refractivity contribution in [3.05, 3.63) is 223 Å². The lowest BCUT2D eigenvalue weighted by Crippen LogP contribution is -2.28. The van der Waals surface area contributed by atoms with Crippen LogP contribution in [0.2, 0.25) is 0 Å². The summed E-state index contributed by atoms with van der Waals surface area (Å²) in [5.74, 6) is 0.279. The predicted molar refractivity (Wildman–Crippen MR) is 286 cm³/mol. The summed E-state index contributed by atoms with van der Waals surface area (Å²) >= 11 is 0. The zero-order valence-corrected chi connectivity index (χ0v) is 39.6. The summed E-state index contributed by atoms with van der Waals surface area (Å²) in [7, 11) is 0. The van der Waals surface area contributed by atoms with Gasteiger partial charge in [0.2, 0.25) is 0 Å². The van der Waals surface area contributed by atoms with Crippen LogP contribution >= 0.6 is 0 Å². The van der Waals surface area contributed by atoms with Crippen molar-refractivity contribution in [3.8, 4) is 50.5 Å². The Balaban J connectivity index is 0.877. The lowest BCUT2D eigenvalue weighted by atomic mass is 9.86. The standard InChI is InChI=1S/C64H54N4/c1-63(2,3)47-15-13-17-49(39-47)67-57-23-11-7-19-51(57)53-37-45(33-35-59(53)67)41-25-29-43(30-26-41)61-62(66-56-22-10-9-21-55(56)65-61)44-31-27-42(28-32-44)46-34-36-60-54(38-46)52-20-8-12-24-58(52)68(60)50-18-14-16-48(40-50)64(4,5)6/h7-40,51,57H,1-6H3. The summed E-state index contributed by atoms with van der Waals surface area (Å²) in [5.41, 5.74) is 20.5. The van der Waals surface area contributed by atoms with Gasteiger partial charge in [-0.25, -0.2) is 9.97 Å². The Hall–Kier alpha value is -7.82. The lowest BCUT2D eigenvalue weighted by Gasteiger charge is -2.30. The van der Waals surface area contributed by atoms with E-state index < -0.39 is 0 Å². The highest BCUT2D eigenvalue weighted by Gasteiger charge is 2.38. The largest absolute Gasteiger partial charge is 0.333 e. The number of nitrogens with zero attached hydrogens (tertiary/aromatic N) is 4. The van der Waals surface area contributed by atoms with Crippen molar-refractivity contribution in [2.24, 2.45) is 0 Å². The minimum atomic E-state index is 0.0565.